The second-order valence-corrected chi connectivity index (χ2v) is 3.62. The van der Waals surface area contributed by atoms with Crippen molar-refractivity contribution in [1.29, 1.82) is 0 Å². The fraction of sp³-hybridized carbons (Fsp3) is 0.222. The Morgan fingerprint density at radius 3 is 2.23 bits per heavy atom. The van der Waals surface area contributed by atoms with Crippen LogP contribution in [-0.2, 0) is 6.61 Å². The summed E-state index contributed by atoms with van der Waals surface area (Å²) in [5.74, 6) is -0.326. The molecule has 0 aliphatic heterocycles. The Kier molecular flexibility index (Phi) is 3.72. The Bertz CT molecular complexity index is 293. The van der Waals surface area contributed by atoms with Crippen LogP contribution in [0.25, 0.3) is 0 Å². The minimum absolute atomic E-state index is 0.0420. The van der Waals surface area contributed by atoms with Gasteiger partial charge in [-0.25, -0.2) is 0 Å². The number of carbonyl (C=O) groups is 1. The average Bonchev–Trinajstić information content (AvgIpc) is 2.17. The highest BCUT2D eigenvalue weighted by atomic mass is 35.5. The van der Waals surface area contributed by atoms with Crippen LogP contribution in [0.15, 0.2) is 24.3 Å². The van der Waals surface area contributed by atoms with Gasteiger partial charge in [0.25, 0.3) is 0 Å². The topological polar surface area (TPSA) is 37.3 Å². The first kappa shape index (κ1) is 10.5. The van der Waals surface area contributed by atoms with E-state index >= 15 is 0 Å². The quantitative estimate of drug-likeness (QED) is 0.624. The maximum Gasteiger partial charge on any atom is 0.195 e. The van der Waals surface area contributed by atoms with Crippen LogP contribution in [-0.4, -0.2) is 15.7 Å². The van der Waals surface area contributed by atoms with E-state index in [2.05, 4.69) is 0 Å². The molecule has 2 nitrogen and oxygen atoms in total. The van der Waals surface area contributed by atoms with E-state index in [0.717, 1.165) is 5.56 Å². The number of benzene rings is 1. The fourth-order valence-electron chi connectivity index (χ4n) is 0.900. The summed E-state index contributed by atoms with van der Waals surface area (Å²) in [6, 6.07) is 6.49. The third-order valence-electron chi connectivity index (χ3n) is 1.62. The summed E-state index contributed by atoms with van der Waals surface area (Å²) in [6.07, 6.45) is 0. The summed E-state index contributed by atoms with van der Waals surface area (Å²) in [5, 5.41) is 8.74. The highest BCUT2D eigenvalue weighted by molar-refractivity contribution is 6.55. The number of Topliss-reactive ketones (excluding diaryl/α,β-unsaturated/α-hetero) is 1. The first-order chi connectivity index (χ1) is 6.15. The first-order valence-corrected chi connectivity index (χ1v) is 4.54. The standard InChI is InChI=1S/C9H8Cl2O2/c10-9(11)8(13)7-3-1-6(5-12)2-4-7/h1-4,9,12H,5H2. The Morgan fingerprint density at radius 2 is 1.85 bits per heavy atom. The third kappa shape index (κ3) is 2.69. The SMILES string of the molecule is O=C(c1ccc(CO)cc1)C(Cl)Cl. The molecule has 70 valence electrons. The van der Waals surface area contributed by atoms with Gasteiger partial charge in [0.15, 0.2) is 10.6 Å². The molecule has 0 radical (unpaired) electrons. The van der Waals surface area contributed by atoms with Gasteiger partial charge in [-0.1, -0.05) is 47.5 Å². The van der Waals surface area contributed by atoms with Crippen LogP contribution >= 0.6 is 23.2 Å². The minimum atomic E-state index is -1.03. The average molecular weight is 219 g/mol. The van der Waals surface area contributed by atoms with E-state index in [9.17, 15) is 4.79 Å². The van der Waals surface area contributed by atoms with E-state index in [4.69, 9.17) is 28.3 Å². The predicted octanol–water partition coefficient (Wildman–Crippen LogP) is 2.17. The molecule has 0 aliphatic rings. The molecule has 1 aromatic carbocycles. The Morgan fingerprint density at radius 1 is 1.31 bits per heavy atom. The molecule has 1 rings (SSSR count). The molecule has 0 atom stereocenters. The van der Waals surface area contributed by atoms with Gasteiger partial charge in [0.2, 0.25) is 0 Å². The zero-order valence-corrected chi connectivity index (χ0v) is 8.22. The monoisotopic (exact) mass is 218 g/mol. The van der Waals surface area contributed by atoms with Crippen LogP contribution < -0.4 is 0 Å². The maximum absolute atomic E-state index is 11.2. The zero-order valence-electron chi connectivity index (χ0n) is 6.71. The Labute approximate surface area is 86.1 Å². The van der Waals surface area contributed by atoms with Gasteiger partial charge in [-0.3, -0.25) is 4.79 Å². The van der Waals surface area contributed by atoms with Crippen molar-refractivity contribution in [2.75, 3.05) is 0 Å². The number of aliphatic hydroxyl groups is 1. The lowest BCUT2D eigenvalue weighted by atomic mass is 10.1. The van der Waals surface area contributed by atoms with Crippen LogP contribution in [0.5, 0.6) is 0 Å². The van der Waals surface area contributed by atoms with Gasteiger partial charge in [-0.05, 0) is 5.56 Å². The minimum Gasteiger partial charge on any atom is -0.392 e. The van der Waals surface area contributed by atoms with Crippen LogP contribution in [0.4, 0.5) is 0 Å². The number of alkyl halides is 2. The lowest BCUT2D eigenvalue weighted by molar-refractivity contribution is 0.101. The van der Waals surface area contributed by atoms with Crippen molar-refractivity contribution < 1.29 is 9.90 Å². The highest BCUT2D eigenvalue weighted by Gasteiger charge is 2.13. The van der Waals surface area contributed by atoms with Crippen molar-refractivity contribution in [3.63, 3.8) is 0 Å². The number of aliphatic hydroxyl groups excluding tert-OH is 1. The van der Waals surface area contributed by atoms with E-state index in [1.54, 1.807) is 24.3 Å². The van der Waals surface area contributed by atoms with Crippen LogP contribution in [0.3, 0.4) is 0 Å². The number of ketones is 1. The summed E-state index contributed by atoms with van der Waals surface area (Å²) in [4.78, 5) is 10.2. The molecule has 0 fully saturated rings. The lowest BCUT2D eigenvalue weighted by Crippen LogP contribution is -2.07. The summed E-state index contributed by atoms with van der Waals surface area (Å²) >= 11 is 10.8. The van der Waals surface area contributed by atoms with Crippen molar-refractivity contribution in [3.05, 3.63) is 35.4 Å². The smallest absolute Gasteiger partial charge is 0.195 e. The fourth-order valence-corrected chi connectivity index (χ4v) is 1.15. The van der Waals surface area contributed by atoms with E-state index in [0.29, 0.717) is 5.56 Å². The first-order valence-electron chi connectivity index (χ1n) is 3.67. The van der Waals surface area contributed by atoms with Crippen molar-refractivity contribution in [1.82, 2.24) is 0 Å². The largest absolute Gasteiger partial charge is 0.392 e. The molecule has 0 spiro atoms. The van der Waals surface area contributed by atoms with Crippen molar-refractivity contribution in [2.45, 2.75) is 11.4 Å². The second-order valence-electron chi connectivity index (χ2n) is 2.52. The molecule has 0 amide bonds. The number of carbonyl (C=O) groups excluding carboxylic acids is 1. The van der Waals surface area contributed by atoms with Crippen LogP contribution in [0.1, 0.15) is 15.9 Å². The van der Waals surface area contributed by atoms with E-state index in [1.807, 2.05) is 0 Å². The van der Waals surface area contributed by atoms with Gasteiger partial charge in [-0.2, -0.15) is 0 Å². The molecular formula is C9H8Cl2O2. The van der Waals surface area contributed by atoms with Gasteiger partial charge in [0, 0.05) is 5.56 Å². The molecule has 4 heteroatoms. The zero-order chi connectivity index (χ0) is 9.84. The molecule has 0 aliphatic carbocycles. The van der Waals surface area contributed by atoms with Gasteiger partial charge < -0.3 is 5.11 Å². The molecule has 0 aromatic heterocycles. The molecule has 1 N–H and O–H groups in total. The normalized spacial score (nSPS) is 10.5. The van der Waals surface area contributed by atoms with Gasteiger partial charge >= 0.3 is 0 Å². The van der Waals surface area contributed by atoms with E-state index in [-0.39, 0.29) is 12.4 Å². The van der Waals surface area contributed by atoms with Crippen molar-refractivity contribution >= 4 is 29.0 Å². The summed E-state index contributed by atoms with van der Waals surface area (Å²) in [5.41, 5.74) is 1.20. The number of halogens is 2. The Balaban J connectivity index is 2.86. The van der Waals surface area contributed by atoms with E-state index in [1.165, 1.54) is 0 Å². The van der Waals surface area contributed by atoms with Crippen LogP contribution in [0.2, 0.25) is 0 Å². The van der Waals surface area contributed by atoms with Gasteiger partial charge in [0.1, 0.15) is 0 Å². The second kappa shape index (κ2) is 4.61. The number of hydrogen-bond acceptors (Lipinski definition) is 2. The van der Waals surface area contributed by atoms with Gasteiger partial charge in [-0.15, -0.1) is 0 Å². The molecule has 0 bridgehead atoms. The third-order valence-corrected chi connectivity index (χ3v) is 2.02. The summed E-state index contributed by atoms with van der Waals surface area (Å²) in [6.45, 7) is -0.0420. The molecule has 13 heavy (non-hydrogen) atoms. The lowest BCUT2D eigenvalue weighted by Gasteiger charge is -2.01. The molecule has 0 unspecified atom stereocenters. The molecular weight excluding hydrogens is 211 g/mol. The summed E-state index contributed by atoms with van der Waals surface area (Å²) < 4.78 is 0. The predicted molar refractivity (Wildman–Crippen MR) is 52.2 cm³/mol. The van der Waals surface area contributed by atoms with Crippen molar-refractivity contribution in [3.8, 4) is 0 Å². The molecule has 0 saturated carbocycles. The van der Waals surface area contributed by atoms with E-state index < -0.39 is 4.84 Å². The molecule has 0 heterocycles. The number of hydrogen-bond donors (Lipinski definition) is 1. The van der Waals surface area contributed by atoms with Gasteiger partial charge in [0.05, 0.1) is 6.61 Å². The highest BCUT2D eigenvalue weighted by Crippen LogP contribution is 2.12. The Hall–Kier alpha value is -0.570. The maximum atomic E-state index is 11.2. The van der Waals surface area contributed by atoms with Crippen molar-refractivity contribution in [2.24, 2.45) is 0 Å². The molecule has 1 aromatic rings. The van der Waals surface area contributed by atoms with Crippen LogP contribution in [0, 0.1) is 0 Å². The molecule has 0 saturated heterocycles. The number of rotatable bonds is 3. The summed E-state index contributed by atoms with van der Waals surface area (Å²) in [7, 11) is 0.